The van der Waals surface area contributed by atoms with Crippen LogP contribution in [0.4, 0.5) is 5.82 Å². The van der Waals surface area contributed by atoms with E-state index in [0.29, 0.717) is 0 Å². The van der Waals surface area contributed by atoms with E-state index in [0.717, 1.165) is 48.8 Å². The molecule has 0 unspecified atom stereocenters. The van der Waals surface area contributed by atoms with Crippen molar-refractivity contribution < 1.29 is 9.90 Å². The standard InChI is InChI=1S/C17H19N3O2/c21-17(22)12-13-3-1-4-14(11-13)15-5-2-6-16(19-15)20-9-7-18-8-10-20/h1-6,11,18H,7-10,12H2,(H,21,22). The van der Waals surface area contributed by atoms with E-state index in [4.69, 9.17) is 10.1 Å². The fourth-order valence-electron chi connectivity index (χ4n) is 2.67. The molecule has 5 heteroatoms. The molecule has 0 amide bonds. The van der Waals surface area contributed by atoms with Crippen molar-refractivity contribution in [1.82, 2.24) is 10.3 Å². The third-order valence-corrected chi connectivity index (χ3v) is 3.75. The number of piperazine rings is 1. The van der Waals surface area contributed by atoms with Crippen molar-refractivity contribution >= 4 is 11.8 Å². The molecule has 1 saturated heterocycles. The van der Waals surface area contributed by atoms with Crippen LogP contribution in [0.3, 0.4) is 0 Å². The SMILES string of the molecule is O=C(O)Cc1cccc(-c2cccc(N3CCNCC3)n2)c1. The molecular formula is C17H19N3O2. The number of hydrogen-bond acceptors (Lipinski definition) is 4. The first kappa shape index (κ1) is 14.5. The summed E-state index contributed by atoms with van der Waals surface area (Å²) in [6.45, 7) is 3.85. The number of rotatable bonds is 4. The van der Waals surface area contributed by atoms with Gasteiger partial charge in [0, 0.05) is 31.7 Å². The minimum Gasteiger partial charge on any atom is -0.481 e. The zero-order chi connectivity index (χ0) is 15.4. The second-order valence-electron chi connectivity index (χ2n) is 5.39. The molecule has 1 aromatic heterocycles. The summed E-state index contributed by atoms with van der Waals surface area (Å²) >= 11 is 0. The number of aliphatic carboxylic acids is 1. The Labute approximate surface area is 129 Å². The lowest BCUT2D eigenvalue weighted by Gasteiger charge is -2.28. The van der Waals surface area contributed by atoms with Gasteiger partial charge in [-0.25, -0.2) is 4.98 Å². The van der Waals surface area contributed by atoms with Gasteiger partial charge >= 0.3 is 5.97 Å². The summed E-state index contributed by atoms with van der Waals surface area (Å²) in [7, 11) is 0. The van der Waals surface area contributed by atoms with E-state index in [1.165, 1.54) is 0 Å². The molecule has 114 valence electrons. The third kappa shape index (κ3) is 3.43. The van der Waals surface area contributed by atoms with Gasteiger partial charge in [-0.3, -0.25) is 4.79 Å². The number of pyridine rings is 1. The number of aromatic nitrogens is 1. The number of hydrogen-bond donors (Lipinski definition) is 2. The fourth-order valence-corrected chi connectivity index (χ4v) is 2.67. The molecule has 2 aromatic rings. The number of carbonyl (C=O) groups is 1. The minimum atomic E-state index is -0.820. The van der Waals surface area contributed by atoms with E-state index in [1.807, 2.05) is 42.5 Å². The maximum absolute atomic E-state index is 10.8. The van der Waals surface area contributed by atoms with Crippen molar-refractivity contribution in [3.05, 3.63) is 48.0 Å². The zero-order valence-electron chi connectivity index (χ0n) is 12.3. The largest absolute Gasteiger partial charge is 0.481 e. The van der Waals surface area contributed by atoms with Gasteiger partial charge in [0.1, 0.15) is 5.82 Å². The molecule has 0 radical (unpaired) electrons. The Kier molecular flexibility index (Phi) is 4.34. The fraction of sp³-hybridized carbons (Fsp3) is 0.294. The quantitative estimate of drug-likeness (QED) is 0.900. The lowest BCUT2D eigenvalue weighted by Crippen LogP contribution is -2.43. The zero-order valence-corrected chi connectivity index (χ0v) is 12.3. The Bertz CT molecular complexity index is 666. The van der Waals surface area contributed by atoms with E-state index in [-0.39, 0.29) is 6.42 Å². The van der Waals surface area contributed by atoms with Gasteiger partial charge in [0.25, 0.3) is 0 Å². The van der Waals surface area contributed by atoms with E-state index < -0.39 is 5.97 Å². The van der Waals surface area contributed by atoms with Crippen molar-refractivity contribution in [1.29, 1.82) is 0 Å². The van der Waals surface area contributed by atoms with Crippen LogP contribution in [0.25, 0.3) is 11.3 Å². The van der Waals surface area contributed by atoms with Crippen LogP contribution in [0.2, 0.25) is 0 Å². The Balaban J connectivity index is 1.86. The van der Waals surface area contributed by atoms with Gasteiger partial charge in [-0.05, 0) is 23.8 Å². The minimum absolute atomic E-state index is 0.0331. The molecule has 1 aromatic carbocycles. The van der Waals surface area contributed by atoms with Crippen molar-refractivity contribution in [2.75, 3.05) is 31.1 Å². The number of benzene rings is 1. The average molecular weight is 297 g/mol. The normalized spacial score (nSPS) is 14.8. The van der Waals surface area contributed by atoms with Crippen molar-refractivity contribution in [3.8, 4) is 11.3 Å². The van der Waals surface area contributed by atoms with E-state index in [2.05, 4.69) is 10.2 Å². The van der Waals surface area contributed by atoms with Crippen molar-refractivity contribution in [2.45, 2.75) is 6.42 Å². The van der Waals surface area contributed by atoms with Crippen molar-refractivity contribution in [3.63, 3.8) is 0 Å². The van der Waals surface area contributed by atoms with E-state index >= 15 is 0 Å². The first-order valence-corrected chi connectivity index (χ1v) is 7.46. The van der Waals surface area contributed by atoms with Gasteiger partial charge in [-0.15, -0.1) is 0 Å². The molecule has 0 spiro atoms. The van der Waals surface area contributed by atoms with Crippen LogP contribution in [-0.2, 0) is 11.2 Å². The molecule has 1 aliphatic rings. The molecule has 3 rings (SSSR count). The molecule has 0 saturated carbocycles. The maximum atomic E-state index is 10.8. The predicted molar refractivity (Wildman–Crippen MR) is 86.1 cm³/mol. The summed E-state index contributed by atoms with van der Waals surface area (Å²) in [4.78, 5) is 17.9. The smallest absolute Gasteiger partial charge is 0.307 e. The topological polar surface area (TPSA) is 65.5 Å². The summed E-state index contributed by atoms with van der Waals surface area (Å²) in [5, 5.41) is 12.2. The van der Waals surface area contributed by atoms with Gasteiger partial charge in [0.15, 0.2) is 0 Å². The van der Waals surface area contributed by atoms with Crippen LogP contribution < -0.4 is 10.2 Å². The summed E-state index contributed by atoms with van der Waals surface area (Å²) < 4.78 is 0. The Morgan fingerprint density at radius 3 is 2.73 bits per heavy atom. The van der Waals surface area contributed by atoms with Crippen LogP contribution in [0.15, 0.2) is 42.5 Å². The summed E-state index contributed by atoms with van der Waals surface area (Å²) in [6, 6.07) is 13.6. The summed E-state index contributed by atoms with van der Waals surface area (Å²) in [5.74, 6) is 0.155. The molecule has 2 N–H and O–H groups in total. The monoisotopic (exact) mass is 297 g/mol. The van der Waals surface area contributed by atoms with Gasteiger partial charge < -0.3 is 15.3 Å². The Morgan fingerprint density at radius 2 is 1.95 bits per heavy atom. The highest BCUT2D eigenvalue weighted by Crippen LogP contribution is 2.22. The summed E-state index contributed by atoms with van der Waals surface area (Å²) in [5.41, 5.74) is 2.62. The highest BCUT2D eigenvalue weighted by atomic mass is 16.4. The van der Waals surface area contributed by atoms with Crippen LogP contribution in [-0.4, -0.2) is 42.2 Å². The summed E-state index contributed by atoms with van der Waals surface area (Å²) in [6.07, 6.45) is 0.0331. The second-order valence-corrected chi connectivity index (χ2v) is 5.39. The number of carboxylic acids is 1. The van der Waals surface area contributed by atoms with Gasteiger partial charge in [0.2, 0.25) is 0 Å². The molecular weight excluding hydrogens is 278 g/mol. The number of nitrogens with one attached hydrogen (secondary N) is 1. The number of nitrogens with zero attached hydrogens (tertiary/aromatic N) is 2. The molecule has 1 aliphatic heterocycles. The first-order chi connectivity index (χ1) is 10.7. The predicted octanol–water partition coefficient (Wildman–Crippen LogP) is 1.79. The third-order valence-electron chi connectivity index (χ3n) is 3.75. The highest BCUT2D eigenvalue weighted by Gasteiger charge is 2.12. The maximum Gasteiger partial charge on any atom is 0.307 e. The second kappa shape index (κ2) is 6.58. The van der Waals surface area contributed by atoms with Crippen molar-refractivity contribution in [2.24, 2.45) is 0 Å². The molecule has 0 bridgehead atoms. The van der Waals surface area contributed by atoms with Crippen LogP contribution in [0, 0.1) is 0 Å². The van der Waals surface area contributed by atoms with Crippen LogP contribution in [0.5, 0.6) is 0 Å². The van der Waals surface area contributed by atoms with Gasteiger partial charge in [-0.1, -0.05) is 24.3 Å². The van der Waals surface area contributed by atoms with Gasteiger partial charge in [-0.2, -0.15) is 0 Å². The molecule has 1 fully saturated rings. The van der Waals surface area contributed by atoms with E-state index in [1.54, 1.807) is 0 Å². The number of anilines is 1. The average Bonchev–Trinajstić information content (AvgIpc) is 2.55. The van der Waals surface area contributed by atoms with Crippen LogP contribution in [0.1, 0.15) is 5.56 Å². The Morgan fingerprint density at radius 1 is 1.18 bits per heavy atom. The first-order valence-electron chi connectivity index (χ1n) is 7.46. The lowest BCUT2D eigenvalue weighted by molar-refractivity contribution is -0.136. The molecule has 2 heterocycles. The Hall–Kier alpha value is -2.40. The number of carboxylic acid groups (broad SMARTS) is 1. The van der Waals surface area contributed by atoms with Gasteiger partial charge in [0.05, 0.1) is 12.1 Å². The van der Waals surface area contributed by atoms with Crippen LogP contribution >= 0.6 is 0 Å². The molecule has 5 nitrogen and oxygen atoms in total. The van der Waals surface area contributed by atoms with E-state index in [9.17, 15) is 4.79 Å². The highest BCUT2D eigenvalue weighted by molar-refractivity contribution is 5.71. The molecule has 22 heavy (non-hydrogen) atoms. The molecule has 0 atom stereocenters. The lowest BCUT2D eigenvalue weighted by atomic mass is 10.1. The molecule has 0 aliphatic carbocycles.